The van der Waals surface area contributed by atoms with Crippen molar-refractivity contribution in [2.45, 2.75) is 32.1 Å². The van der Waals surface area contributed by atoms with Gasteiger partial charge in [-0.15, -0.1) is 0 Å². The zero-order chi connectivity index (χ0) is 18.9. The number of esters is 2. The molecule has 0 bridgehead atoms. The van der Waals surface area contributed by atoms with Crippen LogP contribution in [0.2, 0.25) is 0 Å². The van der Waals surface area contributed by atoms with E-state index < -0.39 is 17.4 Å². The first-order chi connectivity index (χ1) is 12.0. The van der Waals surface area contributed by atoms with Crippen molar-refractivity contribution in [2.24, 2.45) is 0 Å². The SMILES string of the molecule is CCOC(=O)CC(C#N)(CC(=O)OCC)c1ccc(OC)c(OC)c1. The Balaban J connectivity index is 3.35. The zero-order valence-corrected chi connectivity index (χ0v) is 15.0. The highest BCUT2D eigenvalue weighted by molar-refractivity contribution is 5.78. The van der Waals surface area contributed by atoms with Crippen LogP contribution in [-0.4, -0.2) is 39.4 Å². The van der Waals surface area contributed by atoms with Gasteiger partial charge in [0.05, 0.1) is 46.3 Å². The molecule has 0 fully saturated rings. The topological polar surface area (TPSA) is 94.9 Å². The van der Waals surface area contributed by atoms with E-state index in [0.29, 0.717) is 17.1 Å². The molecule has 1 aromatic rings. The van der Waals surface area contributed by atoms with Crippen LogP contribution in [0.4, 0.5) is 0 Å². The number of nitrogens with zero attached hydrogens (tertiary/aromatic N) is 1. The molecule has 0 atom stereocenters. The lowest BCUT2D eigenvalue weighted by atomic mass is 9.76. The minimum Gasteiger partial charge on any atom is -0.493 e. The van der Waals surface area contributed by atoms with Crippen LogP contribution in [0.5, 0.6) is 11.5 Å². The summed E-state index contributed by atoms with van der Waals surface area (Å²) in [5.74, 6) is -0.260. The summed E-state index contributed by atoms with van der Waals surface area (Å²) in [4.78, 5) is 24.1. The summed E-state index contributed by atoms with van der Waals surface area (Å²) < 4.78 is 20.4. The van der Waals surface area contributed by atoms with E-state index in [2.05, 4.69) is 6.07 Å². The summed E-state index contributed by atoms with van der Waals surface area (Å²) in [5.41, 5.74) is -0.966. The number of methoxy groups -OCH3 is 2. The van der Waals surface area contributed by atoms with Crippen LogP contribution in [0.15, 0.2) is 18.2 Å². The fourth-order valence-electron chi connectivity index (χ4n) is 2.46. The Morgan fingerprint density at radius 3 is 1.92 bits per heavy atom. The highest BCUT2D eigenvalue weighted by Crippen LogP contribution is 2.37. The molecule has 1 aromatic carbocycles. The Morgan fingerprint density at radius 1 is 1.00 bits per heavy atom. The molecule has 7 heteroatoms. The summed E-state index contributed by atoms with van der Waals surface area (Å²) in [6.45, 7) is 3.72. The van der Waals surface area contributed by atoms with Gasteiger partial charge in [0.2, 0.25) is 0 Å². The van der Waals surface area contributed by atoms with Gasteiger partial charge >= 0.3 is 11.9 Å². The Hall–Kier alpha value is -2.75. The Kier molecular flexibility index (Phi) is 7.73. The number of carbonyl (C=O) groups is 2. The van der Waals surface area contributed by atoms with E-state index in [-0.39, 0.29) is 26.1 Å². The van der Waals surface area contributed by atoms with Gasteiger partial charge in [-0.3, -0.25) is 9.59 Å². The quantitative estimate of drug-likeness (QED) is 0.632. The van der Waals surface area contributed by atoms with E-state index in [1.54, 1.807) is 32.0 Å². The van der Waals surface area contributed by atoms with Crippen LogP contribution >= 0.6 is 0 Å². The molecule has 1 rings (SSSR count). The maximum atomic E-state index is 12.0. The average Bonchev–Trinajstić information content (AvgIpc) is 2.60. The van der Waals surface area contributed by atoms with Gasteiger partial charge in [-0.1, -0.05) is 6.07 Å². The van der Waals surface area contributed by atoms with E-state index in [0.717, 1.165) is 0 Å². The number of benzene rings is 1. The molecule has 0 saturated heterocycles. The summed E-state index contributed by atoms with van der Waals surface area (Å²) >= 11 is 0. The predicted molar refractivity (Wildman–Crippen MR) is 89.3 cm³/mol. The van der Waals surface area contributed by atoms with Crippen LogP contribution in [0.3, 0.4) is 0 Å². The van der Waals surface area contributed by atoms with Crippen molar-refractivity contribution in [3.8, 4) is 17.6 Å². The molecule has 136 valence electrons. The van der Waals surface area contributed by atoms with Crippen molar-refractivity contribution >= 4 is 11.9 Å². The molecule has 0 aliphatic carbocycles. The third-order valence-electron chi connectivity index (χ3n) is 3.65. The lowest BCUT2D eigenvalue weighted by molar-refractivity contribution is -0.146. The van der Waals surface area contributed by atoms with Gasteiger partial charge in [0, 0.05) is 0 Å². The van der Waals surface area contributed by atoms with Gasteiger partial charge in [0.25, 0.3) is 0 Å². The first kappa shape index (κ1) is 20.3. The monoisotopic (exact) mass is 349 g/mol. The van der Waals surface area contributed by atoms with Crippen molar-refractivity contribution in [1.29, 1.82) is 5.26 Å². The second-order valence-corrected chi connectivity index (χ2v) is 5.23. The predicted octanol–water partition coefficient (Wildman–Crippen LogP) is 2.37. The van der Waals surface area contributed by atoms with Crippen LogP contribution in [0.25, 0.3) is 0 Å². The van der Waals surface area contributed by atoms with E-state index in [9.17, 15) is 14.9 Å². The zero-order valence-electron chi connectivity index (χ0n) is 15.0. The first-order valence-corrected chi connectivity index (χ1v) is 7.91. The Bertz CT molecular complexity index is 629. The summed E-state index contributed by atoms with van der Waals surface area (Å²) in [6.07, 6.45) is -0.544. The van der Waals surface area contributed by atoms with Crippen molar-refractivity contribution in [1.82, 2.24) is 0 Å². The first-order valence-electron chi connectivity index (χ1n) is 7.91. The van der Waals surface area contributed by atoms with Crippen molar-refractivity contribution in [3.05, 3.63) is 23.8 Å². The molecular weight excluding hydrogens is 326 g/mol. The van der Waals surface area contributed by atoms with Gasteiger partial charge in [0.15, 0.2) is 11.5 Å². The standard InChI is InChI=1S/C18H23NO6/c1-5-24-16(20)10-18(12-19,11-17(21)25-6-2)13-7-8-14(22-3)15(9-13)23-4/h7-9H,5-6,10-11H2,1-4H3. The Morgan fingerprint density at radius 2 is 1.52 bits per heavy atom. The summed E-state index contributed by atoms with van der Waals surface area (Å²) in [6, 6.07) is 6.93. The molecule has 25 heavy (non-hydrogen) atoms. The van der Waals surface area contributed by atoms with Crippen LogP contribution in [0.1, 0.15) is 32.3 Å². The number of hydrogen-bond acceptors (Lipinski definition) is 7. The minimum absolute atomic E-state index is 0.186. The molecular formula is C18H23NO6. The van der Waals surface area contributed by atoms with Crippen LogP contribution in [0, 0.1) is 11.3 Å². The number of ether oxygens (including phenoxy) is 4. The van der Waals surface area contributed by atoms with Crippen LogP contribution in [-0.2, 0) is 24.5 Å². The average molecular weight is 349 g/mol. The van der Waals surface area contributed by atoms with Gasteiger partial charge < -0.3 is 18.9 Å². The molecule has 0 unspecified atom stereocenters. The molecule has 0 aromatic heterocycles. The largest absolute Gasteiger partial charge is 0.493 e. The molecule has 0 aliphatic rings. The molecule has 0 N–H and O–H groups in total. The van der Waals surface area contributed by atoms with Crippen molar-refractivity contribution in [2.75, 3.05) is 27.4 Å². The maximum absolute atomic E-state index is 12.0. The van der Waals surface area contributed by atoms with Crippen molar-refractivity contribution < 1.29 is 28.5 Å². The molecule has 0 aliphatic heterocycles. The molecule has 0 heterocycles. The smallest absolute Gasteiger partial charge is 0.307 e. The number of nitriles is 1. The van der Waals surface area contributed by atoms with Crippen LogP contribution < -0.4 is 9.47 Å². The fourth-order valence-corrected chi connectivity index (χ4v) is 2.46. The number of carbonyl (C=O) groups excluding carboxylic acids is 2. The van der Waals surface area contributed by atoms with E-state index in [1.807, 2.05) is 0 Å². The van der Waals surface area contributed by atoms with Gasteiger partial charge in [-0.05, 0) is 31.5 Å². The molecule has 0 spiro atoms. The van der Waals surface area contributed by atoms with Gasteiger partial charge in [-0.25, -0.2) is 0 Å². The van der Waals surface area contributed by atoms with Gasteiger partial charge in [0.1, 0.15) is 5.41 Å². The second kappa shape index (κ2) is 9.52. The van der Waals surface area contributed by atoms with E-state index in [4.69, 9.17) is 18.9 Å². The normalized spacial score (nSPS) is 10.5. The van der Waals surface area contributed by atoms with E-state index >= 15 is 0 Å². The lowest BCUT2D eigenvalue weighted by Gasteiger charge is -2.26. The van der Waals surface area contributed by atoms with E-state index in [1.165, 1.54) is 14.2 Å². The third-order valence-corrected chi connectivity index (χ3v) is 3.65. The highest BCUT2D eigenvalue weighted by atomic mass is 16.5. The summed E-state index contributed by atoms with van der Waals surface area (Å²) in [7, 11) is 2.96. The van der Waals surface area contributed by atoms with Gasteiger partial charge in [-0.2, -0.15) is 5.26 Å². The molecule has 0 saturated carbocycles. The third kappa shape index (κ3) is 5.11. The fraction of sp³-hybridized carbons (Fsp3) is 0.500. The number of hydrogen-bond donors (Lipinski definition) is 0. The second-order valence-electron chi connectivity index (χ2n) is 5.23. The molecule has 0 radical (unpaired) electrons. The summed E-state index contributed by atoms with van der Waals surface area (Å²) in [5, 5.41) is 9.82. The Labute approximate surface area is 147 Å². The molecule has 7 nitrogen and oxygen atoms in total. The minimum atomic E-state index is -1.42. The highest BCUT2D eigenvalue weighted by Gasteiger charge is 2.39. The van der Waals surface area contributed by atoms with Crippen molar-refractivity contribution in [3.63, 3.8) is 0 Å². The number of rotatable bonds is 9. The maximum Gasteiger partial charge on any atom is 0.307 e. The molecule has 0 amide bonds. The lowest BCUT2D eigenvalue weighted by Crippen LogP contribution is -2.32.